The van der Waals surface area contributed by atoms with E-state index in [0.29, 0.717) is 133 Å². The minimum atomic E-state index is -0.330. The van der Waals surface area contributed by atoms with Crippen molar-refractivity contribution >= 4 is 35.3 Å². The van der Waals surface area contributed by atoms with Gasteiger partial charge >= 0.3 is 0 Å². The van der Waals surface area contributed by atoms with Crippen LogP contribution in [0.1, 0.15) is 240 Å². The molecule has 0 aromatic heterocycles. The molecule has 1 heterocycles. The van der Waals surface area contributed by atoms with Crippen LogP contribution >= 0.6 is 0 Å². The highest BCUT2D eigenvalue weighted by molar-refractivity contribution is 5.89. The zero-order valence-corrected chi connectivity index (χ0v) is 56.9. The summed E-state index contributed by atoms with van der Waals surface area (Å²) in [4.78, 5) is 82.2. The molecule has 512 valence electrons. The van der Waals surface area contributed by atoms with E-state index >= 15 is 0 Å². The van der Waals surface area contributed by atoms with Gasteiger partial charge < -0.3 is 54.5 Å². The number of ketones is 1. The molecule has 11 atom stereocenters. The normalized spacial score (nSPS) is 25.9. The van der Waals surface area contributed by atoms with E-state index in [-0.39, 0.29) is 92.0 Å². The molecule has 4 aliphatic carbocycles. The van der Waals surface area contributed by atoms with Gasteiger partial charge in [0.2, 0.25) is 29.5 Å². The van der Waals surface area contributed by atoms with Crippen LogP contribution in [0.3, 0.4) is 0 Å². The largest absolute Gasteiger partial charge is 0.396 e. The zero-order chi connectivity index (χ0) is 64.1. The van der Waals surface area contributed by atoms with Crippen LogP contribution in [0, 0.1) is 52.3 Å². The average Bonchev–Trinajstić information content (AvgIpc) is 1.76. The Bertz CT molecular complexity index is 2060. The molecular formula is C72H127N5O12. The summed E-state index contributed by atoms with van der Waals surface area (Å²) >= 11 is 0. The van der Waals surface area contributed by atoms with Crippen LogP contribution in [0.2, 0.25) is 0 Å². The lowest BCUT2D eigenvalue weighted by Crippen LogP contribution is -2.55. The molecule has 17 heteroatoms. The Morgan fingerprint density at radius 3 is 1.90 bits per heavy atom. The molecule has 0 aromatic carbocycles. The standard InChI is InChI=1S/C72H127N5O12/c1-7-8-9-10-11-12-13-14-15-16-17-18-19-20-24-27-67(81)75-59-35-38-71(3)58(50-59)30-31-62-64-33-32-63(72(64,4)39-36-65(62)71)56(2)29-34-69(83)76(52-61(79)26-23-21-22-25-28-70(84)77-51-57(54-78)49-60(77)55-85-6)53-68(82)74-40-42-87-44-46-89-48-47-88-45-43-86-41-37-66(80)73-5/h14-15,56-60,62-65,78H,7-13,16-55H2,1-6H3,(H,73,80)(H,74,82)(H,75,81)/b15-14-/t56-,57-,58?,59?,60+,62?,63-,64?,65?,71+,72-/m1/s1. The first-order valence-corrected chi connectivity index (χ1v) is 36.1. The number of nitrogens with zero attached hydrogens (tertiary/aromatic N) is 2. The maximum atomic E-state index is 14.3. The average molecular weight is 1250 g/mol. The number of fused-ring (bicyclic) bond motifs is 5. The molecule has 5 fully saturated rings. The van der Waals surface area contributed by atoms with Gasteiger partial charge in [0, 0.05) is 77.9 Å². The maximum Gasteiger partial charge on any atom is 0.239 e. The highest BCUT2D eigenvalue weighted by Gasteiger charge is 2.60. The molecule has 4 saturated carbocycles. The van der Waals surface area contributed by atoms with Gasteiger partial charge in [-0.3, -0.25) is 28.8 Å². The van der Waals surface area contributed by atoms with Crippen molar-refractivity contribution in [2.24, 2.45) is 52.3 Å². The second kappa shape index (κ2) is 43.4. The monoisotopic (exact) mass is 1250 g/mol. The second-order valence-corrected chi connectivity index (χ2v) is 28.1. The number of likely N-dealkylation sites (tertiary alicyclic amines) is 1. The van der Waals surface area contributed by atoms with Crippen LogP contribution in [0.5, 0.6) is 0 Å². The third-order valence-corrected chi connectivity index (χ3v) is 21.8. The predicted octanol–water partition coefficient (Wildman–Crippen LogP) is 11.5. The van der Waals surface area contributed by atoms with Crippen molar-refractivity contribution in [2.75, 3.05) is 106 Å². The Hall–Kier alpha value is -3.48. The van der Waals surface area contributed by atoms with Gasteiger partial charge in [-0.05, 0) is 162 Å². The second-order valence-electron chi connectivity index (χ2n) is 28.1. The van der Waals surface area contributed by atoms with Crippen LogP contribution in [0.25, 0.3) is 0 Å². The summed E-state index contributed by atoms with van der Waals surface area (Å²) in [5, 5.41) is 18.7. The molecule has 0 radical (unpaired) electrons. The minimum Gasteiger partial charge on any atom is -0.396 e. The summed E-state index contributed by atoms with van der Waals surface area (Å²) in [6.45, 7) is 13.7. The van der Waals surface area contributed by atoms with Gasteiger partial charge in [-0.1, -0.05) is 104 Å². The molecule has 89 heavy (non-hydrogen) atoms. The van der Waals surface area contributed by atoms with E-state index in [9.17, 15) is 33.9 Å². The molecule has 5 aliphatic rings. The van der Waals surface area contributed by atoms with Crippen LogP contribution < -0.4 is 16.0 Å². The number of amides is 5. The van der Waals surface area contributed by atoms with E-state index in [4.69, 9.17) is 23.7 Å². The third kappa shape index (κ3) is 26.8. The van der Waals surface area contributed by atoms with Gasteiger partial charge in [0.25, 0.3) is 0 Å². The highest BCUT2D eigenvalue weighted by atomic mass is 16.6. The first-order valence-electron chi connectivity index (χ1n) is 36.1. The molecule has 0 bridgehead atoms. The number of rotatable bonds is 49. The van der Waals surface area contributed by atoms with E-state index in [1.165, 1.54) is 120 Å². The number of carbonyl (C=O) groups excluding carboxylic acids is 6. The lowest BCUT2D eigenvalue weighted by molar-refractivity contribution is -0.139. The van der Waals surface area contributed by atoms with Crippen molar-refractivity contribution in [3.8, 4) is 0 Å². The van der Waals surface area contributed by atoms with Crippen molar-refractivity contribution in [3.63, 3.8) is 0 Å². The van der Waals surface area contributed by atoms with Crippen molar-refractivity contribution in [1.29, 1.82) is 0 Å². The number of aliphatic hydroxyl groups is 1. The number of Topliss-reactive ketones (excluding diaryl/α,β-unsaturated/α-hetero) is 1. The Kier molecular flexibility index (Phi) is 37.2. The van der Waals surface area contributed by atoms with Crippen LogP contribution in [-0.2, 0) is 52.5 Å². The van der Waals surface area contributed by atoms with Crippen molar-refractivity contribution in [3.05, 3.63) is 12.2 Å². The molecule has 1 saturated heterocycles. The maximum absolute atomic E-state index is 14.3. The lowest BCUT2D eigenvalue weighted by atomic mass is 9.44. The summed E-state index contributed by atoms with van der Waals surface area (Å²) < 4.78 is 27.5. The van der Waals surface area contributed by atoms with E-state index in [0.717, 1.165) is 63.2 Å². The number of methoxy groups -OCH3 is 1. The lowest BCUT2D eigenvalue weighted by Gasteiger charge is -2.61. The molecule has 0 spiro atoms. The van der Waals surface area contributed by atoms with Crippen LogP contribution in [-0.4, -0.2) is 169 Å². The fraction of sp³-hybridized carbons (Fsp3) is 0.889. The fourth-order valence-electron chi connectivity index (χ4n) is 16.7. The number of aliphatic hydroxyl groups excluding tert-OH is 1. The first-order chi connectivity index (χ1) is 43.2. The fourth-order valence-corrected chi connectivity index (χ4v) is 16.7. The van der Waals surface area contributed by atoms with Gasteiger partial charge in [0.15, 0.2) is 5.78 Å². The molecule has 5 amide bonds. The van der Waals surface area contributed by atoms with Crippen LogP contribution in [0.4, 0.5) is 0 Å². The topological polar surface area (TPSA) is 211 Å². The van der Waals surface area contributed by atoms with Gasteiger partial charge in [-0.2, -0.15) is 0 Å². The van der Waals surface area contributed by atoms with Crippen LogP contribution in [0.15, 0.2) is 12.2 Å². The number of hydrogen-bond donors (Lipinski definition) is 4. The molecule has 4 N–H and O–H groups in total. The van der Waals surface area contributed by atoms with E-state index < -0.39 is 0 Å². The molecule has 5 unspecified atom stereocenters. The molecule has 5 rings (SSSR count). The Labute approximate surface area is 538 Å². The van der Waals surface area contributed by atoms with Gasteiger partial charge in [-0.15, -0.1) is 0 Å². The number of hydrogen-bond acceptors (Lipinski definition) is 12. The number of allylic oxidation sites excluding steroid dienone is 2. The molecule has 17 nitrogen and oxygen atoms in total. The molecular weight excluding hydrogens is 1130 g/mol. The summed E-state index contributed by atoms with van der Waals surface area (Å²) in [6, 6.07) is 0.293. The number of carbonyl (C=O) groups is 6. The summed E-state index contributed by atoms with van der Waals surface area (Å²) in [6.07, 6.45) is 38.4. The Morgan fingerprint density at radius 2 is 1.24 bits per heavy atom. The van der Waals surface area contributed by atoms with Gasteiger partial charge in [-0.25, -0.2) is 0 Å². The first kappa shape index (κ1) is 76.2. The molecule has 1 aliphatic heterocycles. The Morgan fingerprint density at radius 1 is 0.629 bits per heavy atom. The summed E-state index contributed by atoms with van der Waals surface area (Å²) in [5.41, 5.74) is 0.545. The zero-order valence-electron chi connectivity index (χ0n) is 56.9. The van der Waals surface area contributed by atoms with Crippen molar-refractivity contribution in [2.45, 2.75) is 252 Å². The van der Waals surface area contributed by atoms with Crippen molar-refractivity contribution < 1.29 is 57.6 Å². The van der Waals surface area contributed by atoms with Gasteiger partial charge in [0.1, 0.15) is 0 Å². The third-order valence-electron chi connectivity index (χ3n) is 21.8. The number of nitrogens with one attached hydrogen (secondary N) is 3. The smallest absolute Gasteiger partial charge is 0.239 e. The van der Waals surface area contributed by atoms with E-state index in [1.807, 2.05) is 4.90 Å². The minimum absolute atomic E-state index is 0.00875. The predicted molar refractivity (Wildman–Crippen MR) is 352 cm³/mol. The number of ether oxygens (including phenoxy) is 5. The van der Waals surface area contributed by atoms with E-state index in [1.54, 1.807) is 14.2 Å². The van der Waals surface area contributed by atoms with Crippen molar-refractivity contribution in [1.82, 2.24) is 25.8 Å². The van der Waals surface area contributed by atoms with Gasteiger partial charge in [0.05, 0.1) is 78.6 Å². The quantitative estimate of drug-likeness (QED) is 0.0331. The molecule has 0 aromatic rings. The summed E-state index contributed by atoms with van der Waals surface area (Å²) in [7, 11) is 3.23. The van der Waals surface area contributed by atoms with E-state index in [2.05, 4.69) is 55.8 Å². The number of unbranched alkanes of at least 4 members (excludes halogenated alkanes) is 14. The SMILES string of the molecule is CCCCCCCC/C=C\CCCCCCCC(=O)NC1CC[C@@]2(C)C(CCC3C2CC[C@@]2(C)C3CC[C@@H]2[C@H](C)CCC(=O)N(CC(=O)CCCCCCC(=O)N2C[C@H](CO)C[C@H]2COC)CC(=O)NCCOCCOCCOCCOCCC(=O)NC)C1. The Balaban J connectivity index is 1.02. The highest BCUT2D eigenvalue weighted by Crippen LogP contribution is 2.68. The summed E-state index contributed by atoms with van der Waals surface area (Å²) in [5.74, 6) is 3.43.